The number of carbonyl (C=O) groups is 1. The molecule has 1 aromatic rings. The number of hydrogen-bond acceptors (Lipinski definition) is 2. The molecule has 0 bridgehead atoms. The topological polar surface area (TPSA) is 40.5 Å². The minimum absolute atomic E-state index is 0.343. The number of halogens is 1. The van der Waals surface area contributed by atoms with Crippen LogP contribution in [0.25, 0.3) is 0 Å². The summed E-state index contributed by atoms with van der Waals surface area (Å²) in [5, 5.41) is 9.03. The van der Waals surface area contributed by atoms with E-state index in [2.05, 4.69) is 20.8 Å². The Kier molecular flexibility index (Phi) is 3.52. The van der Waals surface area contributed by atoms with Crippen LogP contribution in [0.15, 0.2) is 22.7 Å². The van der Waals surface area contributed by atoms with Gasteiger partial charge in [-0.3, -0.25) is 0 Å². The Morgan fingerprint density at radius 2 is 2.05 bits per heavy atom. The van der Waals surface area contributed by atoms with Crippen molar-refractivity contribution in [3.05, 3.63) is 28.2 Å². The Balaban J connectivity index is 1.90. The lowest BCUT2D eigenvalue weighted by Gasteiger charge is -2.40. The first-order chi connectivity index (χ1) is 9.16. The summed E-state index contributed by atoms with van der Waals surface area (Å²) in [6.45, 7) is 1.09. The van der Waals surface area contributed by atoms with E-state index in [0.717, 1.165) is 22.6 Å². The molecule has 1 heterocycles. The number of nitrogens with zero attached hydrogens (tertiary/aromatic N) is 1. The third-order valence-electron chi connectivity index (χ3n) is 4.50. The van der Waals surface area contributed by atoms with E-state index < -0.39 is 5.97 Å². The maximum Gasteiger partial charge on any atom is 0.335 e. The van der Waals surface area contributed by atoms with Gasteiger partial charge in [0.15, 0.2) is 0 Å². The second-order valence-electron chi connectivity index (χ2n) is 5.57. The zero-order chi connectivity index (χ0) is 13.4. The van der Waals surface area contributed by atoms with Gasteiger partial charge in [0.25, 0.3) is 0 Å². The quantitative estimate of drug-likeness (QED) is 0.896. The van der Waals surface area contributed by atoms with Crippen LogP contribution in [-0.2, 0) is 0 Å². The van der Waals surface area contributed by atoms with Gasteiger partial charge in [-0.05, 0) is 65.7 Å². The van der Waals surface area contributed by atoms with E-state index in [0.29, 0.717) is 11.6 Å². The van der Waals surface area contributed by atoms with E-state index in [9.17, 15) is 4.79 Å². The summed E-state index contributed by atoms with van der Waals surface area (Å²) in [6, 6.07) is 6.03. The molecular formula is C15H18BrNO2. The van der Waals surface area contributed by atoms with Crippen molar-refractivity contribution in [2.24, 2.45) is 5.92 Å². The first-order valence-corrected chi connectivity index (χ1v) is 7.75. The number of fused-ring (bicyclic) bond motifs is 1. The zero-order valence-electron chi connectivity index (χ0n) is 10.8. The van der Waals surface area contributed by atoms with E-state index in [1.54, 1.807) is 12.1 Å². The highest BCUT2D eigenvalue weighted by molar-refractivity contribution is 9.10. The Morgan fingerprint density at radius 3 is 2.79 bits per heavy atom. The van der Waals surface area contributed by atoms with Crippen molar-refractivity contribution in [3.63, 3.8) is 0 Å². The predicted octanol–water partition coefficient (Wildman–Crippen LogP) is 3.92. The lowest BCUT2D eigenvalue weighted by molar-refractivity contribution is 0.0697. The fourth-order valence-electron chi connectivity index (χ4n) is 3.63. The van der Waals surface area contributed by atoms with Crippen molar-refractivity contribution in [1.29, 1.82) is 0 Å². The maximum atomic E-state index is 11.0. The Morgan fingerprint density at radius 1 is 1.26 bits per heavy atom. The number of aromatic carboxylic acids is 1. The number of piperidine rings is 1. The summed E-state index contributed by atoms with van der Waals surface area (Å²) in [7, 11) is 0. The van der Waals surface area contributed by atoms with Crippen molar-refractivity contribution in [2.45, 2.75) is 38.1 Å². The number of anilines is 1. The third-order valence-corrected chi connectivity index (χ3v) is 5.13. The number of benzene rings is 1. The summed E-state index contributed by atoms with van der Waals surface area (Å²) in [5.74, 6) is -0.0376. The molecule has 3 nitrogen and oxygen atoms in total. The zero-order valence-corrected chi connectivity index (χ0v) is 12.4. The van der Waals surface area contributed by atoms with Gasteiger partial charge in [-0.15, -0.1) is 0 Å². The minimum Gasteiger partial charge on any atom is -0.478 e. The molecule has 1 aliphatic carbocycles. The van der Waals surface area contributed by atoms with Crippen molar-refractivity contribution in [1.82, 2.24) is 0 Å². The smallest absolute Gasteiger partial charge is 0.335 e. The highest BCUT2D eigenvalue weighted by Crippen LogP contribution is 2.41. The van der Waals surface area contributed by atoms with Crippen LogP contribution in [0, 0.1) is 5.92 Å². The number of rotatable bonds is 2. The van der Waals surface area contributed by atoms with E-state index >= 15 is 0 Å². The van der Waals surface area contributed by atoms with Gasteiger partial charge in [0.1, 0.15) is 0 Å². The van der Waals surface area contributed by atoms with Crippen LogP contribution in [0.4, 0.5) is 5.69 Å². The van der Waals surface area contributed by atoms with Crippen LogP contribution >= 0.6 is 15.9 Å². The largest absolute Gasteiger partial charge is 0.478 e. The van der Waals surface area contributed by atoms with Crippen molar-refractivity contribution in [2.75, 3.05) is 11.4 Å². The average Bonchev–Trinajstić information content (AvgIpc) is 2.86. The normalized spacial score (nSPS) is 26.3. The second-order valence-corrected chi connectivity index (χ2v) is 6.42. The lowest BCUT2D eigenvalue weighted by Crippen LogP contribution is -2.42. The van der Waals surface area contributed by atoms with E-state index in [1.165, 1.54) is 32.1 Å². The summed E-state index contributed by atoms with van der Waals surface area (Å²) in [5.41, 5.74) is 1.50. The van der Waals surface area contributed by atoms with Gasteiger partial charge >= 0.3 is 5.97 Å². The fraction of sp³-hybridized carbons (Fsp3) is 0.533. The Labute approximate surface area is 121 Å². The fourth-order valence-corrected chi connectivity index (χ4v) is 4.23. The van der Waals surface area contributed by atoms with E-state index in [4.69, 9.17) is 5.11 Å². The highest BCUT2D eigenvalue weighted by atomic mass is 79.9. The van der Waals surface area contributed by atoms with Crippen LogP contribution in [-0.4, -0.2) is 23.7 Å². The Hall–Kier alpha value is -1.03. The molecule has 0 spiro atoms. The minimum atomic E-state index is -0.871. The number of carboxylic acid groups (broad SMARTS) is 1. The average molecular weight is 324 g/mol. The molecule has 4 heteroatoms. The monoisotopic (exact) mass is 323 g/mol. The van der Waals surface area contributed by atoms with Crippen LogP contribution in [0.2, 0.25) is 0 Å². The van der Waals surface area contributed by atoms with E-state index in [1.807, 2.05) is 6.07 Å². The van der Waals surface area contributed by atoms with Crippen LogP contribution < -0.4 is 4.90 Å². The molecule has 2 aliphatic rings. The van der Waals surface area contributed by atoms with Crippen molar-refractivity contribution in [3.8, 4) is 0 Å². The summed E-state index contributed by atoms with van der Waals surface area (Å²) < 4.78 is 0.903. The van der Waals surface area contributed by atoms with Crippen molar-refractivity contribution < 1.29 is 9.90 Å². The number of hydrogen-bond donors (Lipinski definition) is 1. The van der Waals surface area contributed by atoms with Gasteiger partial charge < -0.3 is 10.0 Å². The number of carboxylic acids is 1. The lowest BCUT2D eigenvalue weighted by atomic mass is 9.91. The van der Waals surface area contributed by atoms with Crippen LogP contribution in [0.5, 0.6) is 0 Å². The molecule has 3 rings (SSSR count). The standard InChI is InChI=1S/C15H18BrNO2/c16-12-9-11(15(18)19)6-7-14(12)17-8-2-4-10-3-1-5-13(10)17/h6-7,9-10,13H,1-5,8H2,(H,18,19). The first-order valence-electron chi connectivity index (χ1n) is 6.96. The molecule has 1 aromatic carbocycles. The third kappa shape index (κ3) is 2.38. The molecular weight excluding hydrogens is 306 g/mol. The molecule has 1 saturated heterocycles. The first kappa shape index (κ1) is 13.0. The van der Waals surface area contributed by atoms with E-state index in [-0.39, 0.29) is 0 Å². The Bertz CT molecular complexity index is 503. The predicted molar refractivity (Wildman–Crippen MR) is 78.8 cm³/mol. The molecule has 102 valence electrons. The van der Waals surface area contributed by atoms with Crippen LogP contribution in [0.1, 0.15) is 42.5 Å². The molecule has 0 amide bonds. The summed E-state index contributed by atoms with van der Waals surface area (Å²) in [4.78, 5) is 13.5. The van der Waals surface area contributed by atoms with Gasteiger partial charge in [0, 0.05) is 17.1 Å². The van der Waals surface area contributed by atoms with Crippen molar-refractivity contribution >= 4 is 27.6 Å². The summed E-state index contributed by atoms with van der Waals surface area (Å²) in [6.07, 6.45) is 6.56. The SMILES string of the molecule is O=C(O)c1ccc(N2CCCC3CCCC32)c(Br)c1. The molecule has 19 heavy (non-hydrogen) atoms. The van der Waals surface area contributed by atoms with Gasteiger partial charge in [-0.1, -0.05) is 6.42 Å². The molecule has 2 atom stereocenters. The second kappa shape index (κ2) is 5.16. The van der Waals surface area contributed by atoms with Gasteiger partial charge in [0.05, 0.1) is 11.3 Å². The van der Waals surface area contributed by atoms with Crippen LogP contribution in [0.3, 0.4) is 0 Å². The molecule has 0 radical (unpaired) electrons. The molecule has 1 N–H and O–H groups in total. The highest BCUT2D eigenvalue weighted by Gasteiger charge is 2.35. The molecule has 1 saturated carbocycles. The molecule has 2 unspecified atom stereocenters. The maximum absolute atomic E-state index is 11.0. The molecule has 1 aliphatic heterocycles. The summed E-state index contributed by atoms with van der Waals surface area (Å²) >= 11 is 3.54. The van der Waals surface area contributed by atoms with Gasteiger partial charge in [-0.25, -0.2) is 4.79 Å². The molecule has 0 aromatic heterocycles. The van der Waals surface area contributed by atoms with Gasteiger partial charge in [0.2, 0.25) is 0 Å². The molecule has 2 fully saturated rings. The van der Waals surface area contributed by atoms with Gasteiger partial charge in [-0.2, -0.15) is 0 Å².